The summed E-state index contributed by atoms with van der Waals surface area (Å²) in [7, 11) is 9.97. The molecule has 6 nitrogen and oxygen atoms in total. The summed E-state index contributed by atoms with van der Waals surface area (Å²) in [6.07, 6.45) is 0. The molecule has 0 aliphatic rings. The van der Waals surface area contributed by atoms with Crippen LogP contribution in [-0.2, 0) is 0 Å². The van der Waals surface area contributed by atoms with E-state index in [-0.39, 0.29) is 0 Å². The van der Waals surface area contributed by atoms with Crippen molar-refractivity contribution < 1.29 is 28.4 Å². The molecule has 0 saturated heterocycles. The molecule has 0 fully saturated rings. The first kappa shape index (κ1) is 23.0. The van der Waals surface area contributed by atoms with Gasteiger partial charge in [-0.05, 0) is 0 Å². The van der Waals surface area contributed by atoms with Crippen LogP contribution in [0.4, 0.5) is 0 Å². The second-order valence-corrected chi connectivity index (χ2v) is 14.7. The standard InChI is InChI=1S/3C8H9O2.Bi/c3*1-9-7-4-3-5-8(6-7)10-2;/h3*3-4,6H,1-2H3;. The number of benzene rings is 3. The van der Waals surface area contributed by atoms with Gasteiger partial charge in [-0.2, -0.15) is 0 Å². The van der Waals surface area contributed by atoms with E-state index < -0.39 is 21.8 Å². The van der Waals surface area contributed by atoms with E-state index in [0.717, 1.165) is 44.3 Å². The Balaban J connectivity index is 2.31. The molecule has 3 aromatic rings. The van der Waals surface area contributed by atoms with E-state index in [9.17, 15) is 0 Å². The molecule has 0 unspecified atom stereocenters. The summed E-state index contributed by atoms with van der Waals surface area (Å²) >= 11 is -2.99. The van der Waals surface area contributed by atoms with Gasteiger partial charge in [-0.3, -0.25) is 0 Å². The van der Waals surface area contributed by atoms with Crippen molar-refractivity contribution in [1.82, 2.24) is 0 Å². The van der Waals surface area contributed by atoms with Crippen LogP contribution in [0.5, 0.6) is 34.5 Å². The predicted molar refractivity (Wildman–Crippen MR) is 123 cm³/mol. The van der Waals surface area contributed by atoms with Crippen molar-refractivity contribution in [2.24, 2.45) is 0 Å². The molecule has 0 saturated carbocycles. The monoisotopic (exact) mass is 620 g/mol. The third-order valence-electron chi connectivity index (χ3n) is 4.88. The molecule has 0 atom stereocenters. The number of hydrogen-bond donors (Lipinski definition) is 0. The molecule has 0 N–H and O–H groups in total. The zero-order chi connectivity index (χ0) is 22.4. The summed E-state index contributed by atoms with van der Waals surface area (Å²) in [5.74, 6) is 4.59. The van der Waals surface area contributed by atoms with Crippen molar-refractivity contribution in [2.45, 2.75) is 0 Å². The number of ether oxygens (including phenoxy) is 6. The molecule has 0 radical (unpaired) electrons. The molecular formula is C24H27BiO6. The van der Waals surface area contributed by atoms with E-state index in [1.54, 1.807) is 42.7 Å². The Labute approximate surface area is 191 Å². The molecule has 0 aliphatic carbocycles. The van der Waals surface area contributed by atoms with Gasteiger partial charge in [0.05, 0.1) is 0 Å². The minimum atomic E-state index is -2.99. The molecule has 31 heavy (non-hydrogen) atoms. The third kappa shape index (κ3) is 4.82. The second-order valence-electron chi connectivity index (χ2n) is 6.45. The van der Waals surface area contributed by atoms with E-state index in [1.165, 1.54) is 0 Å². The van der Waals surface area contributed by atoms with Crippen molar-refractivity contribution in [3.8, 4) is 34.5 Å². The Morgan fingerprint density at radius 2 is 0.710 bits per heavy atom. The molecule has 7 heteroatoms. The van der Waals surface area contributed by atoms with E-state index in [2.05, 4.69) is 18.2 Å². The van der Waals surface area contributed by atoms with Crippen molar-refractivity contribution in [3.05, 3.63) is 54.6 Å². The molecule has 164 valence electrons. The van der Waals surface area contributed by atoms with Crippen LogP contribution in [0.3, 0.4) is 0 Å². The summed E-state index contributed by atoms with van der Waals surface area (Å²) in [6, 6.07) is 17.9. The van der Waals surface area contributed by atoms with E-state index in [1.807, 2.05) is 36.4 Å². The first-order valence-corrected chi connectivity index (χ1v) is 14.8. The van der Waals surface area contributed by atoms with E-state index >= 15 is 0 Å². The van der Waals surface area contributed by atoms with Crippen LogP contribution >= 0.6 is 0 Å². The topological polar surface area (TPSA) is 55.4 Å². The zero-order valence-corrected chi connectivity index (χ0v) is 22.1. The number of rotatable bonds is 9. The maximum absolute atomic E-state index is 5.79. The molecule has 0 bridgehead atoms. The third-order valence-corrected chi connectivity index (χ3v) is 14.8. The maximum atomic E-state index is 5.79. The van der Waals surface area contributed by atoms with Gasteiger partial charge in [0.2, 0.25) is 0 Å². The van der Waals surface area contributed by atoms with Gasteiger partial charge in [-0.25, -0.2) is 0 Å². The minimum absolute atomic E-state index is 0.743. The summed E-state index contributed by atoms with van der Waals surface area (Å²) < 4.78 is 37.0. The van der Waals surface area contributed by atoms with Crippen molar-refractivity contribution in [2.75, 3.05) is 42.7 Å². The van der Waals surface area contributed by atoms with Gasteiger partial charge in [0.15, 0.2) is 0 Å². The van der Waals surface area contributed by atoms with Crippen molar-refractivity contribution >= 4 is 31.6 Å². The van der Waals surface area contributed by atoms with Gasteiger partial charge in [0.1, 0.15) is 0 Å². The quantitative estimate of drug-likeness (QED) is 0.343. The Morgan fingerprint density at radius 1 is 0.419 bits per heavy atom. The van der Waals surface area contributed by atoms with E-state index in [0.29, 0.717) is 0 Å². The molecule has 3 rings (SSSR count). The summed E-state index contributed by atoms with van der Waals surface area (Å²) in [6.45, 7) is 0. The molecule has 0 heterocycles. The van der Waals surface area contributed by atoms with Crippen LogP contribution < -0.4 is 38.2 Å². The molecule has 3 aromatic carbocycles. The first-order chi connectivity index (χ1) is 15.1. The normalized spacial score (nSPS) is 10.5. The molecule has 0 amide bonds. The average Bonchev–Trinajstić information content (AvgIpc) is 2.84. The van der Waals surface area contributed by atoms with Crippen LogP contribution in [0.15, 0.2) is 54.6 Å². The van der Waals surface area contributed by atoms with Crippen molar-refractivity contribution in [1.29, 1.82) is 0 Å². The molecule has 0 aromatic heterocycles. The molecular weight excluding hydrogens is 593 g/mol. The predicted octanol–water partition coefficient (Wildman–Crippen LogP) is 2.25. The zero-order valence-electron chi connectivity index (χ0n) is 18.6. The second kappa shape index (κ2) is 10.6. The SMILES string of the molecule is COc1cc[c]([Bi]([c]2ccc(OC)cc2OC)[c]2ccc(OC)cc2OC)c(OC)c1. The number of hydrogen-bond acceptors (Lipinski definition) is 6. The van der Waals surface area contributed by atoms with Crippen molar-refractivity contribution in [3.63, 3.8) is 0 Å². The summed E-state index contributed by atoms with van der Waals surface area (Å²) in [5.41, 5.74) is 0. The van der Waals surface area contributed by atoms with Crippen LogP contribution in [0.2, 0.25) is 0 Å². The van der Waals surface area contributed by atoms with Gasteiger partial charge in [-0.15, -0.1) is 0 Å². The first-order valence-electron chi connectivity index (χ1n) is 9.56. The molecule has 0 aliphatic heterocycles. The fourth-order valence-corrected chi connectivity index (χ4v) is 13.3. The van der Waals surface area contributed by atoms with Crippen LogP contribution in [-0.4, -0.2) is 64.4 Å². The van der Waals surface area contributed by atoms with Crippen LogP contribution in [0.1, 0.15) is 0 Å². The number of methoxy groups -OCH3 is 6. The summed E-state index contributed by atoms with van der Waals surface area (Å²) in [5, 5.41) is 0. The Kier molecular flexibility index (Phi) is 7.86. The fourth-order valence-electron chi connectivity index (χ4n) is 3.30. The van der Waals surface area contributed by atoms with Crippen LogP contribution in [0.25, 0.3) is 0 Å². The average molecular weight is 620 g/mol. The van der Waals surface area contributed by atoms with Gasteiger partial charge < -0.3 is 0 Å². The van der Waals surface area contributed by atoms with Crippen LogP contribution in [0, 0.1) is 0 Å². The van der Waals surface area contributed by atoms with Gasteiger partial charge >= 0.3 is 192 Å². The Hall–Kier alpha value is -2.66. The Morgan fingerprint density at radius 3 is 0.935 bits per heavy atom. The summed E-state index contributed by atoms with van der Waals surface area (Å²) in [4.78, 5) is 0. The Bertz CT molecular complexity index is 905. The fraction of sp³-hybridized carbons (Fsp3) is 0.250. The van der Waals surface area contributed by atoms with Gasteiger partial charge in [-0.1, -0.05) is 0 Å². The molecule has 0 spiro atoms. The van der Waals surface area contributed by atoms with E-state index in [4.69, 9.17) is 28.4 Å². The van der Waals surface area contributed by atoms with Gasteiger partial charge in [0.25, 0.3) is 0 Å². The van der Waals surface area contributed by atoms with Gasteiger partial charge in [0, 0.05) is 0 Å².